The zero-order valence-corrected chi connectivity index (χ0v) is 13.0. The second-order valence-corrected chi connectivity index (χ2v) is 5.27. The molecule has 5 nitrogen and oxygen atoms in total. The van der Waals surface area contributed by atoms with Crippen molar-refractivity contribution in [2.45, 2.75) is 25.4 Å². The Morgan fingerprint density at radius 1 is 1.43 bits per heavy atom. The van der Waals surface area contributed by atoms with Crippen LogP contribution in [0, 0.1) is 6.92 Å². The second-order valence-electron chi connectivity index (χ2n) is 4.49. The van der Waals surface area contributed by atoms with Crippen LogP contribution in [0.5, 0.6) is 5.75 Å². The van der Waals surface area contributed by atoms with Gasteiger partial charge in [-0.05, 0) is 31.2 Å². The van der Waals surface area contributed by atoms with E-state index >= 15 is 0 Å². The van der Waals surface area contributed by atoms with Crippen LogP contribution in [-0.2, 0) is 6.42 Å². The number of aryl methyl sites for hydroxylation is 2. The molecule has 2 N–H and O–H groups in total. The van der Waals surface area contributed by atoms with E-state index < -0.39 is 0 Å². The summed E-state index contributed by atoms with van der Waals surface area (Å²) in [6, 6.07) is 5.09. The molecule has 0 fully saturated rings. The number of nitrogens with zero attached hydrogens (tertiary/aromatic N) is 2. The Morgan fingerprint density at radius 2 is 2.19 bits per heavy atom. The first-order valence-electron chi connectivity index (χ1n) is 6.56. The van der Waals surface area contributed by atoms with Crippen molar-refractivity contribution in [2.75, 3.05) is 11.6 Å². The van der Waals surface area contributed by atoms with Crippen molar-refractivity contribution >= 4 is 23.4 Å². The predicted octanol–water partition coefficient (Wildman–Crippen LogP) is 3.03. The Bertz CT molecular complexity index is 654. The average Bonchev–Trinajstić information content (AvgIpc) is 2.50. The van der Waals surface area contributed by atoms with Gasteiger partial charge in [-0.15, -0.1) is 0 Å². The van der Waals surface area contributed by atoms with Crippen molar-refractivity contribution in [3.63, 3.8) is 0 Å². The standard InChI is InChI=1S/C15H17N3O2S/c1-4-11-10(8-16-15(17-11)21-3)14(20)18-13-9(2)6-5-7-12(13)19/h5-8,19H,4H2,1-3H3,(H,18,20). The fourth-order valence-corrected chi connectivity index (χ4v) is 2.31. The second kappa shape index (κ2) is 6.58. The molecule has 0 bridgehead atoms. The molecule has 1 aromatic carbocycles. The maximum absolute atomic E-state index is 12.4. The van der Waals surface area contributed by atoms with Crippen LogP contribution in [0.1, 0.15) is 28.5 Å². The monoisotopic (exact) mass is 303 g/mol. The van der Waals surface area contributed by atoms with Gasteiger partial charge in [0.15, 0.2) is 5.16 Å². The minimum Gasteiger partial charge on any atom is -0.506 e. The average molecular weight is 303 g/mol. The number of benzene rings is 1. The summed E-state index contributed by atoms with van der Waals surface area (Å²) in [6.45, 7) is 3.76. The minimum atomic E-state index is -0.316. The molecule has 1 heterocycles. The van der Waals surface area contributed by atoms with E-state index in [1.807, 2.05) is 26.2 Å². The van der Waals surface area contributed by atoms with E-state index in [0.717, 1.165) is 5.56 Å². The summed E-state index contributed by atoms with van der Waals surface area (Å²) in [7, 11) is 0. The number of phenols is 1. The van der Waals surface area contributed by atoms with E-state index in [9.17, 15) is 9.90 Å². The third kappa shape index (κ3) is 3.33. The molecule has 6 heteroatoms. The Kier molecular flexibility index (Phi) is 4.80. The Hall–Kier alpha value is -2.08. The normalized spacial score (nSPS) is 10.4. The summed E-state index contributed by atoms with van der Waals surface area (Å²) in [5.74, 6) is -0.271. The first kappa shape index (κ1) is 15.3. The molecular formula is C15H17N3O2S. The summed E-state index contributed by atoms with van der Waals surface area (Å²) < 4.78 is 0. The lowest BCUT2D eigenvalue weighted by molar-refractivity contribution is 0.102. The molecular weight excluding hydrogens is 286 g/mol. The largest absolute Gasteiger partial charge is 0.506 e. The van der Waals surface area contributed by atoms with Crippen LogP contribution in [0.25, 0.3) is 0 Å². The molecule has 0 aliphatic rings. The van der Waals surface area contributed by atoms with Crippen molar-refractivity contribution in [2.24, 2.45) is 0 Å². The number of hydrogen-bond donors (Lipinski definition) is 2. The maximum Gasteiger partial charge on any atom is 0.259 e. The summed E-state index contributed by atoms with van der Waals surface area (Å²) in [5.41, 5.74) is 2.33. The van der Waals surface area contributed by atoms with Crippen LogP contribution < -0.4 is 5.32 Å². The van der Waals surface area contributed by atoms with Gasteiger partial charge in [0.2, 0.25) is 0 Å². The minimum absolute atomic E-state index is 0.0445. The van der Waals surface area contributed by atoms with Gasteiger partial charge in [0, 0.05) is 6.20 Å². The Labute approximate surface area is 127 Å². The molecule has 1 aromatic heterocycles. The molecule has 0 aliphatic carbocycles. The highest BCUT2D eigenvalue weighted by Crippen LogP contribution is 2.27. The Balaban J connectivity index is 2.32. The SMILES string of the molecule is CCc1nc(SC)ncc1C(=O)Nc1c(C)cccc1O. The smallest absolute Gasteiger partial charge is 0.259 e. The van der Waals surface area contributed by atoms with Crippen LogP contribution in [-0.4, -0.2) is 27.2 Å². The highest BCUT2D eigenvalue weighted by molar-refractivity contribution is 7.98. The van der Waals surface area contributed by atoms with E-state index in [-0.39, 0.29) is 11.7 Å². The fourth-order valence-electron chi connectivity index (χ4n) is 1.95. The van der Waals surface area contributed by atoms with Crippen LogP contribution in [0.2, 0.25) is 0 Å². The number of hydrogen-bond acceptors (Lipinski definition) is 5. The molecule has 1 amide bonds. The number of phenolic OH excluding ortho intramolecular Hbond substituents is 1. The lowest BCUT2D eigenvalue weighted by Gasteiger charge is -2.12. The number of nitrogens with one attached hydrogen (secondary N) is 1. The van der Waals surface area contributed by atoms with Gasteiger partial charge >= 0.3 is 0 Å². The summed E-state index contributed by atoms with van der Waals surface area (Å²) in [5, 5.41) is 13.2. The van der Waals surface area contributed by atoms with Gasteiger partial charge < -0.3 is 10.4 Å². The topological polar surface area (TPSA) is 75.1 Å². The molecule has 0 radical (unpaired) electrons. The van der Waals surface area contributed by atoms with Crippen LogP contribution >= 0.6 is 11.8 Å². The van der Waals surface area contributed by atoms with Crippen molar-refractivity contribution in [3.05, 3.63) is 41.2 Å². The highest BCUT2D eigenvalue weighted by atomic mass is 32.2. The Morgan fingerprint density at radius 3 is 2.81 bits per heavy atom. The van der Waals surface area contributed by atoms with E-state index in [2.05, 4.69) is 15.3 Å². The molecule has 0 unspecified atom stereocenters. The van der Waals surface area contributed by atoms with Crippen LogP contribution in [0.3, 0.4) is 0 Å². The van der Waals surface area contributed by atoms with Crippen molar-refractivity contribution in [3.8, 4) is 5.75 Å². The van der Waals surface area contributed by atoms with Gasteiger partial charge in [0.25, 0.3) is 5.91 Å². The number of carbonyl (C=O) groups is 1. The number of aromatic nitrogens is 2. The number of carbonyl (C=O) groups excluding carboxylic acids is 1. The number of amides is 1. The molecule has 0 saturated carbocycles. The van der Waals surface area contributed by atoms with E-state index in [1.54, 1.807) is 6.07 Å². The highest BCUT2D eigenvalue weighted by Gasteiger charge is 2.16. The summed E-state index contributed by atoms with van der Waals surface area (Å²) >= 11 is 1.43. The molecule has 21 heavy (non-hydrogen) atoms. The summed E-state index contributed by atoms with van der Waals surface area (Å²) in [4.78, 5) is 20.9. The van der Waals surface area contributed by atoms with Gasteiger partial charge in [-0.2, -0.15) is 0 Å². The number of thioether (sulfide) groups is 1. The first-order valence-corrected chi connectivity index (χ1v) is 7.79. The van der Waals surface area contributed by atoms with Gasteiger partial charge in [-0.25, -0.2) is 9.97 Å². The maximum atomic E-state index is 12.4. The van der Waals surface area contributed by atoms with Gasteiger partial charge in [-0.1, -0.05) is 30.8 Å². The molecule has 110 valence electrons. The molecule has 0 atom stereocenters. The van der Waals surface area contributed by atoms with Crippen molar-refractivity contribution < 1.29 is 9.90 Å². The number of aromatic hydroxyl groups is 1. The van der Waals surface area contributed by atoms with Crippen LogP contribution in [0.4, 0.5) is 5.69 Å². The third-order valence-corrected chi connectivity index (χ3v) is 3.66. The van der Waals surface area contributed by atoms with Crippen LogP contribution in [0.15, 0.2) is 29.6 Å². The molecule has 2 aromatic rings. The van der Waals surface area contributed by atoms with Gasteiger partial charge in [-0.3, -0.25) is 4.79 Å². The van der Waals surface area contributed by atoms with Crippen molar-refractivity contribution in [1.82, 2.24) is 9.97 Å². The molecule has 2 rings (SSSR count). The van der Waals surface area contributed by atoms with E-state index in [0.29, 0.717) is 28.5 Å². The van der Waals surface area contributed by atoms with Gasteiger partial charge in [0.05, 0.1) is 16.9 Å². The van der Waals surface area contributed by atoms with E-state index in [4.69, 9.17) is 0 Å². The fraction of sp³-hybridized carbons (Fsp3) is 0.267. The number of anilines is 1. The molecule has 0 spiro atoms. The summed E-state index contributed by atoms with van der Waals surface area (Å²) in [6.07, 6.45) is 4.06. The number of rotatable bonds is 4. The first-order chi connectivity index (χ1) is 10.1. The zero-order valence-electron chi connectivity index (χ0n) is 12.2. The number of para-hydroxylation sites is 1. The predicted molar refractivity (Wildman–Crippen MR) is 84.0 cm³/mol. The van der Waals surface area contributed by atoms with E-state index in [1.165, 1.54) is 24.0 Å². The third-order valence-electron chi connectivity index (χ3n) is 3.10. The lowest BCUT2D eigenvalue weighted by atomic mass is 10.1. The molecule has 0 aliphatic heterocycles. The van der Waals surface area contributed by atoms with Gasteiger partial charge in [0.1, 0.15) is 5.75 Å². The van der Waals surface area contributed by atoms with Crippen molar-refractivity contribution in [1.29, 1.82) is 0 Å². The lowest BCUT2D eigenvalue weighted by Crippen LogP contribution is -2.16. The quantitative estimate of drug-likeness (QED) is 0.516. The zero-order chi connectivity index (χ0) is 15.4. The molecule has 0 saturated heterocycles.